The number of nitrogens with one attached hydrogen (secondary N) is 1. The van der Waals surface area contributed by atoms with Gasteiger partial charge in [-0.15, -0.1) is 0 Å². The SMILES string of the molecule is CC[C@@H](Oc1ccc(N(C)S(C)(=O)=O)cc1)C(=O)N[C@H](C)c1ccc(N2CCCCC2)cc1. The van der Waals surface area contributed by atoms with Gasteiger partial charge in [-0.3, -0.25) is 9.10 Å². The van der Waals surface area contributed by atoms with Crippen LogP contribution >= 0.6 is 0 Å². The Hall–Kier alpha value is -2.74. The number of ether oxygens (including phenoxy) is 1. The molecule has 33 heavy (non-hydrogen) atoms. The highest BCUT2D eigenvalue weighted by Crippen LogP contribution is 2.24. The number of piperidine rings is 1. The molecule has 1 amide bonds. The lowest BCUT2D eigenvalue weighted by atomic mass is 10.1. The average molecular weight is 474 g/mol. The molecule has 0 radical (unpaired) electrons. The van der Waals surface area contributed by atoms with E-state index in [2.05, 4.69) is 34.5 Å². The molecule has 0 aromatic heterocycles. The Morgan fingerprint density at radius 3 is 2.21 bits per heavy atom. The van der Waals surface area contributed by atoms with Crippen LogP contribution in [0.4, 0.5) is 11.4 Å². The quantitative estimate of drug-likeness (QED) is 0.593. The molecular formula is C25H35N3O4S. The van der Waals surface area contributed by atoms with Crippen LogP contribution in [0, 0.1) is 0 Å². The topological polar surface area (TPSA) is 78.9 Å². The number of rotatable bonds is 9. The Morgan fingerprint density at radius 2 is 1.67 bits per heavy atom. The van der Waals surface area contributed by atoms with Crippen molar-refractivity contribution in [3.8, 4) is 5.75 Å². The Bertz CT molecular complexity index is 1020. The number of anilines is 2. The minimum absolute atomic E-state index is 0.142. The van der Waals surface area contributed by atoms with E-state index in [0.29, 0.717) is 17.9 Å². The van der Waals surface area contributed by atoms with Crippen LogP contribution in [0.15, 0.2) is 48.5 Å². The number of carbonyl (C=O) groups excluding carboxylic acids is 1. The molecule has 7 nitrogen and oxygen atoms in total. The lowest BCUT2D eigenvalue weighted by molar-refractivity contribution is -0.128. The minimum Gasteiger partial charge on any atom is -0.481 e. The van der Waals surface area contributed by atoms with Gasteiger partial charge in [-0.1, -0.05) is 19.1 Å². The summed E-state index contributed by atoms with van der Waals surface area (Å²) in [5.41, 5.74) is 2.81. The maximum absolute atomic E-state index is 12.9. The van der Waals surface area contributed by atoms with Gasteiger partial charge in [0, 0.05) is 25.8 Å². The van der Waals surface area contributed by atoms with Crippen molar-refractivity contribution in [2.45, 2.75) is 51.7 Å². The largest absolute Gasteiger partial charge is 0.481 e. The summed E-state index contributed by atoms with van der Waals surface area (Å²) in [5, 5.41) is 3.05. The molecule has 2 atom stereocenters. The number of hydrogen-bond acceptors (Lipinski definition) is 5. The maximum Gasteiger partial charge on any atom is 0.261 e. The Labute approximate surface area is 197 Å². The highest BCUT2D eigenvalue weighted by molar-refractivity contribution is 7.92. The molecule has 0 bridgehead atoms. The van der Waals surface area contributed by atoms with Gasteiger partial charge in [0.2, 0.25) is 10.0 Å². The second kappa shape index (κ2) is 10.9. The third kappa shape index (κ3) is 6.63. The molecule has 1 N–H and O–H groups in total. The first-order chi connectivity index (χ1) is 15.7. The molecule has 8 heteroatoms. The van der Waals surface area contributed by atoms with Gasteiger partial charge in [-0.05, 0) is 74.6 Å². The van der Waals surface area contributed by atoms with Crippen LogP contribution in [0.5, 0.6) is 5.75 Å². The summed E-state index contributed by atoms with van der Waals surface area (Å²) < 4.78 is 30.5. The molecule has 0 unspecified atom stereocenters. The summed E-state index contributed by atoms with van der Waals surface area (Å²) in [7, 11) is -1.84. The molecule has 2 aromatic carbocycles. The lowest BCUT2D eigenvalue weighted by Crippen LogP contribution is -2.39. The third-order valence-electron chi connectivity index (χ3n) is 6.11. The van der Waals surface area contributed by atoms with Crippen LogP contribution in [0.2, 0.25) is 0 Å². The van der Waals surface area contributed by atoms with Crippen molar-refractivity contribution >= 4 is 27.3 Å². The van der Waals surface area contributed by atoms with E-state index in [0.717, 1.165) is 24.9 Å². The highest BCUT2D eigenvalue weighted by Gasteiger charge is 2.21. The monoisotopic (exact) mass is 473 g/mol. The van der Waals surface area contributed by atoms with E-state index in [9.17, 15) is 13.2 Å². The second-order valence-corrected chi connectivity index (χ2v) is 10.6. The van der Waals surface area contributed by atoms with Gasteiger partial charge < -0.3 is 15.0 Å². The fourth-order valence-corrected chi connectivity index (χ4v) is 4.43. The first kappa shape index (κ1) is 24.9. The van der Waals surface area contributed by atoms with Crippen molar-refractivity contribution in [3.05, 3.63) is 54.1 Å². The van der Waals surface area contributed by atoms with E-state index >= 15 is 0 Å². The van der Waals surface area contributed by atoms with Crippen LogP contribution in [0.3, 0.4) is 0 Å². The molecule has 0 aliphatic carbocycles. The van der Waals surface area contributed by atoms with Crippen LogP contribution in [0.1, 0.15) is 51.1 Å². The predicted molar refractivity (Wildman–Crippen MR) is 133 cm³/mol. The van der Waals surface area contributed by atoms with Gasteiger partial charge in [-0.2, -0.15) is 0 Å². The van der Waals surface area contributed by atoms with Gasteiger partial charge in [0.25, 0.3) is 5.91 Å². The first-order valence-corrected chi connectivity index (χ1v) is 13.4. The number of benzene rings is 2. The fourth-order valence-electron chi connectivity index (χ4n) is 3.93. The van der Waals surface area contributed by atoms with Crippen molar-refractivity contribution in [2.75, 3.05) is 35.6 Å². The number of amides is 1. The number of hydrogen-bond donors (Lipinski definition) is 1. The minimum atomic E-state index is -3.33. The zero-order valence-corrected chi connectivity index (χ0v) is 20.8. The molecule has 1 aliphatic heterocycles. The van der Waals surface area contributed by atoms with Crippen molar-refractivity contribution < 1.29 is 17.9 Å². The van der Waals surface area contributed by atoms with E-state index in [1.54, 1.807) is 24.3 Å². The van der Waals surface area contributed by atoms with E-state index in [4.69, 9.17) is 4.74 Å². The highest BCUT2D eigenvalue weighted by atomic mass is 32.2. The summed E-state index contributed by atoms with van der Waals surface area (Å²) in [5.74, 6) is 0.337. The normalized spacial score (nSPS) is 16.1. The van der Waals surface area contributed by atoms with E-state index in [1.807, 2.05) is 13.8 Å². The number of nitrogens with zero attached hydrogens (tertiary/aromatic N) is 2. The summed E-state index contributed by atoms with van der Waals surface area (Å²) in [6.45, 7) is 6.07. The number of sulfonamides is 1. The second-order valence-electron chi connectivity index (χ2n) is 8.61. The zero-order valence-electron chi connectivity index (χ0n) is 20.0. The Balaban J connectivity index is 1.58. The molecule has 1 heterocycles. The third-order valence-corrected chi connectivity index (χ3v) is 7.32. The van der Waals surface area contributed by atoms with Crippen LogP contribution in [-0.4, -0.2) is 46.8 Å². The van der Waals surface area contributed by atoms with E-state index < -0.39 is 16.1 Å². The van der Waals surface area contributed by atoms with Crippen LogP contribution < -0.4 is 19.3 Å². The molecule has 0 spiro atoms. The summed E-state index contributed by atoms with van der Waals surface area (Å²) in [6, 6.07) is 14.9. The Kier molecular flexibility index (Phi) is 8.24. The van der Waals surface area contributed by atoms with Crippen LogP contribution in [0.25, 0.3) is 0 Å². The average Bonchev–Trinajstić information content (AvgIpc) is 2.82. The van der Waals surface area contributed by atoms with Gasteiger partial charge >= 0.3 is 0 Å². The van der Waals surface area contributed by atoms with Crippen molar-refractivity contribution in [3.63, 3.8) is 0 Å². The predicted octanol–water partition coefficient (Wildman–Crippen LogP) is 4.11. The van der Waals surface area contributed by atoms with Gasteiger partial charge in [0.1, 0.15) is 5.75 Å². The number of carbonyl (C=O) groups is 1. The zero-order chi connectivity index (χ0) is 24.0. The lowest BCUT2D eigenvalue weighted by Gasteiger charge is -2.29. The molecule has 1 saturated heterocycles. The smallest absolute Gasteiger partial charge is 0.261 e. The summed E-state index contributed by atoms with van der Waals surface area (Å²) >= 11 is 0. The van der Waals surface area contributed by atoms with Gasteiger partial charge in [0.05, 0.1) is 18.0 Å². The molecule has 0 saturated carbocycles. The first-order valence-electron chi connectivity index (χ1n) is 11.5. The molecule has 180 valence electrons. The van der Waals surface area contributed by atoms with Gasteiger partial charge in [-0.25, -0.2) is 8.42 Å². The molecule has 1 fully saturated rings. The van der Waals surface area contributed by atoms with Crippen molar-refractivity contribution in [1.82, 2.24) is 5.32 Å². The molecule has 3 rings (SSSR count). The fraction of sp³-hybridized carbons (Fsp3) is 0.480. The molecular weight excluding hydrogens is 438 g/mol. The molecule has 1 aliphatic rings. The maximum atomic E-state index is 12.9. The van der Waals surface area contributed by atoms with Gasteiger partial charge in [0.15, 0.2) is 6.10 Å². The van der Waals surface area contributed by atoms with Crippen molar-refractivity contribution in [2.24, 2.45) is 0 Å². The Morgan fingerprint density at radius 1 is 1.06 bits per heavy atom. The molecule has 2 aromatic rings. The van der Waals surface area contributed by atoms with Crippen molar-refractivity contribution in [1.29, 1.82) is 0 Å². The van der Waals surface area contributed by atoms with E-state index in [-0.39, 0.29) is 11.9 Å². The van der Waals surface area contributed by atoms with Crippen LogP contribution in [-0.2, 0) is 14.8 Å². The van der Waals surface area contributed by atoms with E-state index in [1.165, 1.54) is 36.3 Å². The summed E-state index contributed by atoms with van der Waals surface area (Å²) in [6.07, 6.45) is 4.81. The standard InChI is InChI=1S/C25H35N3O4S/c1-5-24(32-23-15-13-21(14-16-23)27(3)33(4,30)31)25(29)26-19(2)20-9-11-22(12-10-20)28-17-7-6-8-18-28/h9-16,19,24H,5-8,17-18H2,1-4H3,(H,26,29)/t19-,24-/m1/s1. The summed E-state index contributed by atoms with van der Waals surface area (Å²) in [4.78, 5) is 15.3.